The smallest absolute Gasteiger partial charge is 0.157 e. The van der Waals surface area contributed by atoms with Crippen LogP contribution < -0.4 is 0 Å². The van der Waals surface area contributed by atoms with Crippen molar-refractivity contribution in [3.05, 3.63) is 51.5 Å². The molecule has 0 bridgehead atoms. The number of benzene rings is 1. The molecule has 0 saturated carbocycles. The predicted octanol–water partition coefficient (Wildman–Crippen LogP) is 3.49. The molecule has 0 fully saturated rings. The van der Waals surface area contributed by atoms with Crippen LogP contribution in [-0.4, -0.2) is 19.2 Å². The van der Waals surface area contributed by atoms with Gasteiger partial charge in [0.2, 0.25) is 0 Å². The highest BCUT2D eigenvalue weighted by Gasteiger charge is 2.31. The van der Waals surface area contributed by atoms with E-state index in [-0.39, 0.29) is 11.0 Å². The van der Waals surface area contributed by atoms with Crippen LogP contribution in [0.15, 0.2) is 29.6 Å². The Morgan fingerprint density at radius 2 is 2.14 bits per heavy atom. The van der Waals surface area contributed by atoms with Crippen molar-refractivity contribution in [2.24, 2.45) is 0 Å². The minimum atomic E-state index is -3.12. The van der Waals surface area contributed by atoms with Crippen molar-refractivity contribution in [3.8, 4) is 0 Å². The van der Waals surface area contributed by atoms with Crippen LogP contribution in [0.5, 0.6) is 0 Å². The van der Waals surface area contributed by atoms with Gasteiger partial charge in [0.05, 0.1) is 21.7 Å². The number of aryl methyl sites for hydroxylation is 3. The Bertz CT molecular complexity index is 734. The minimum Gasteiger partial charge on any atom is -0.247 e. The van der Waals surface area contributed by atoms with Crippen molar-refractivity contribution in [1.29, 1.82) is 0 Å². The molecule has 0 amide bonds. The standard InChI is InChI=1S/C16H19NO2S2/c1-12-17-14(11-20-12)9-10-21(18,19)16-8-4-6-13-5-2-3-7-15(13)16/h2-3,5,7,11,16H,4,6,8-10H2,1H3/t16-/m0/s1. The van der Waals surface area contributed by atoms with Gasteiger partial charge in [-0.05, 0) is 37.3 Å². The van der Waals surface area contributed by atoms with E-state index < -0.39 is 9.84 Å². The largest absolute Gasteiger partial charge is 0.247 e. The van der Waals surface area contributed by atoms with Crippen LogP contribution in [0.3, 0.4) is 0 Å². The van der Waals surface area contributed by atoms with E-state index in [9.17, 15) is 8.42 Å². The van der Waals surface area contributed by atoms with Crippen molar-refractivity contribution in [1.82, 2.24) is 4.98 Å². The van der Waals surface area contributed by atoms with Gasteiger partial charge in [-0.15, -0.1) is 11.3 Å². The highest BCUT2D eigenvalue weighted by atomic mass is 32.2. The number of hydrogen-bond acceptors (Lipinski definition) is 4. The first kappa shape index (κ1) is 14.7. The lowest BCUT2D eigenvalue weighted by atomic mass is 9.91. The summed E-state index contributed by atoms with van der Waals surface area (Å²) in [5.74, 6) is 0.190. The van der Waals surface area contributed by atoms with Crippen molar-refractivity contribution in [2.45, 2.75) is 37.9 Å². The molecule has 0 spiro atoms. The maximum absolute atomic E-state index is 12.7. The normalized spacial score (nSPS) is 18.4. The summed E-state index contributed by atoms with van der Waals surface area (Å²) in [6.07, 6.45) is 3.21. The van der Waals surface area contributed by atoms with Gasteiger partial charge in [-0.3, -0.25) is 0 Å². The molecule has 3 nitrogen and oxygen atoms in total. The average molecular weight is 321 g/mol. The van der Waals surface area contributed by atoms with Crippen molar-refractivity contribution < 1.29 is 8.42 Å². The Morgan fingerprint density at radius 1 is 1.33 bits per heavy atom. The average Bonchev–Trinajstić information content (AvgIpc) is 2.90. The molecule has 0 aliphatic heterocycles. The summed E-state index contributed by atoms with van der Waals surface area (Å²) in [4.78, 5) is 4.36. The summed E-state index contributed by atoms with van der Waals surface area (Å²) < 4.78 is 25.4. The SMILES string of the molecule is Cc1nc(CCS(=O)(=O)[C@H]2CCCc3ccccc32)cs1. The lowest BCUT2D eigenvalue weighted by Crippen LogP contribution is -2.22. The first-order valence-corrected chi connectivity index (χ1v) is 9.86. The third-order valence-corrected chi connectivity index (χ3v) is 7.01. The molecule has 2 aromatic rings. The van der Waals surface area contributed by atoms with Crippen LogP contribution in [0.1, 0.15) is 39.9 Å². The van der Waals surface area contributed by atoms with Gasteiger partial charge in [-0.1, -0.05) is 24.3 Å². The second kappa shape index (κ2) is 5.89. The quantitative estimate of drug-likeness (QED) is 0.866. The number of rotatable bonds is 4. The Balaban J connectivity index is 1.79. The van der Waals surface area contributed by atoms with Gasteiger partial charge in [0, 0.05) is 11.8 Å². The number of hydrogen-bond donors (Lipinski definition) is 0. The van der Waals surface area contributed by atoms with Crippen molar-refractivity contribution in [2.75, 3.05) is 5.75 Å². The summed E-state index contributed by atoms with van der Waals surface area (Å²) in [7, 11) is -3.12. The lowest BCUT2D eigenvalue weighted by molar-refractivity contribution is 0.559. The summed E-state index contributed by atoms with van der Waals surface area (Å²) in [5, 5.41) is 2.62. The molecule has 3 rings (SSSR count). The number of fused-ring (bicyclic) bond motifs is 1. The minimum absolute atomic E-state index is 0.190. The van der Waals surface area contributed by atoms with Gasteiger partial charge in [-0.25, -0.2) is 13.4 Å². The van der Waals surface area contributed by atoms with Crippen LogP contribution in [0.25, 0.3) is 0 Å². The molecule has 1 aromatic carbocycles. The molecule has 5 heteroatoms. The Morgan fingerprint density at radius 3 is 2.90 bits per heavy atom. The number of aromatic nitrogens is 1. The van der Waals surface area contributed by atoms with Crippen LogP contribution >= 0.6 is 11.3 Å². The molecule has 0 unspecified atom stereocenters. The van der Waals surface area contributed by atoms with Gasteiger partial charge >= 0.3 is 0 Å². The zero-order chi connectivity index (χ0) is 14.9. The number of sulfone groups is 1. The van der Waals surface area contributed by atoms with E-state index in [4.69, 9.17) is 0 Å². The maximum atomic E-state index is 12.7. The Kier molecular flexibility index (Phi) is 4.13. The molecule has 0 N–H and O–H groups in total. The second-order valence-corrected chi connectivity index (χ2v) is 8.92. The lowest BCUT2D eigenvalue weighted by Gasteiger charge is -2.25. The van der Waals surface area contributed by atoms with Gasteiger partial charge in [0.1, 0.15) is 0 Å². The second-order valence-electron chi connectivity index (χ2n) is 5.55. The molecule has 1 aliphatic rings. The molecular formula is C16H19NO2S2. The highest BCUT2D eigenvalue weighted by molar-refractivity contribution is 7.91. The third kappa shape index (κ3) is 3.19. The van der Waals surface area contributed by atoms with Gasteiger partial charge in [0.25, 0.3) is 0 Å². The van der Waals surface area contributed by atoms with Crippen LogP contribution in [0, 0.1) is 6.92 Å². The first-order chi connectivity index (χ1) is 10.1. The molecule has 21 heavy (non-hydrogen) atoms. The van der Waals surface area contributed by atoms with Crippen LogP contribution in [-0.2, 0) is 22.7 Å². The summed E-state index contributed by atoms with van der Waals surface area (Å²) in [6.45, 7) is 1.94. The van der Waals surface area contributed by atoms with E-state index in [2.05, 4.69) is 11.1 Å². The number of thiazole rings is 1. The highest BCUT2D eigenvalue weighted by Crippen LogP contribution is 2.36. The van der Waals surface area contributed by atoms with Crippen molar-refractivity contribution in [3.63, 3.8) is 0 Å². The zero-order valence-electron chi connectivity index (χ0n) is 12.1. The van der Waals surface area contributed by atoms with Gasteiger partial charge in [-0.2, -0.15) is 0 Å². The van der Waals surface area contributed by atoms with E-state index >= 15 is 0 Å². The fourth-order valence-electron chi connectivity index (χ4n) is 2.99. The fraction of sp³-hybridized carbons (Fsp3) is 0.438. The fourth-order valence-corrected chi connectivity index (χ4v) is 5.56. The zero-order valence-corrected chi connectivity index (χ0v) is 13.7. The van der Waals surface area contributed by atoms with Crippen LogP contribution in [0.4, 0.5) is 0 Å². The van der Waals surface area contributed by atoms with Crippen molar-refractivity contribution >= 4 is 21.2 Å². The van der Waals surface area contributed by atoms with E-state index in [0.29, 0.717) is 6.42 Å². The summed E-state index contributed by atoms with van der Waals surface area (Å²) in [5.41, 5.74) is 3.10. The first-order valence-electron chi connectivity index (χ1n) is 7.26. The molecule has 1 atom stereocenters. The Hall–Kier alpha value is -1.20. The molecule has 1 heterocycles. The Labute approximate surface area is 130 Å². The molecule has 0 saturated heterocycles. The summed E-state index contributed by atoms with van der Waals surface area (Å²) >= 11 is 1.57. The molecule has 1 aromatic heterocycles. The molecule has 112 valence electrons. The van der Waals surface area contributed by atoms with E-state index in [1.54, 1.807) is 11.3 Å². The van der Waals surface area contributed by atoms with E-state index in [1.165, 1.54) is 5.56 Å². The predicted molar refractivity (Wildman–Crippen MR) is 86.5 cm³/mol. The van der Waals surface area contributed by atoms with Gasteiger partial charge < -0.3 is 0 Å². The molecule has 1 aliphatic carbocycles. The van der Waals surface area contributed by atoms with E-state index in [0.717, 1.165) is 35.5 Å². The summed E-state index contributed by atoms with van der Waals surface area (Å²) in [6, 6.07) is 7.97. The maximum Gasteiger partial charge on any atom is 0.157 e. The van der Waals surface area contributed by atoms with E-state index in [1.807, 2.05) is 30.5 Å². The number of nitrogens with zero attached hydrogens (tertiary/aromatic N) is 1. The topological polar surface area (TPSA) is 47.0 Å². The third-order valence-electron chi connectivity index (χ3n) is 4.06. The van der Waals surface area contributed by atoms with Crippen LogP contribution in [0.2, 0.25) is 0 Å². The molecular weight excluding hydrogens is 302 g/mol. The van der Waals surface area contributed by atoms with Gasteiger partial charge in [0.15, 0.2) is 9.84 Å². The monoisotopic (exact) mass is 321 g/mol. The molecule has 0 radical (unpaired) electrons.